The number of rotatable bonds is 8. The Bertz CT molecular complexity index is 1530. The molecule has 0 aromatic heterocycles. The van der Waals surface area contributed by atoms with Gasteiger partial charge in [0.1, 0.15) is 5.78 Å². The molecule has 8 aliphatic carbocycles. The van der Waals surface area contributed by atoms with Crippen molar-refractivity contribution in [2.75, 3.05) is 0 Å². The molecular weight excluding hydrogens is 729 g/mol. The number of ketones is 1. The van der Waals surface area contributed by atoms with Crippen LogP contribution in [0.4, 0.5) is 0 Å². The molecule has 8 nitrogen and oxygen atoms in total. The molecule has 0 heterocycles. The van der Waals surface area contributed by atoms with E-state index in [1.807, 2.05) is 0 Å². The minimum atomic E-state index is -0.700. The standard InChI is InChI=1S/C25H42O4.C25H40O4/c2*1-5-16-20-13-15(26)8-10-25(20,4)19-9-11-24(3)17(14(2)12-21(27)28)6-7-18(24)22(19)23(16)29/h14-20,22-23,26,29H,5-13H2,1-4H3,(H,27,28);14-20,22,26H,5-13H2,1-4H3,(H,27,28)/t14-,15-,16-,17-,18?,19?,20?,22?,23-,24-,25-;14-,15-,16-,17-,18?,19?,20?,22?,24-,25-/m11/s1. The number of aliphatic hydroxyl groups is 3. The maximum atomic E-state index is 13.9. The molecule has 5 N–H and O–H groups in total. The second kappa shape index (κ2) is 16.3. The number of hydrogen-bond acceptors (Lipinski definition) is 6. The molecule has 8 fully saturated rings. The Morgan fingerprint density at radius 1 is 0.586 bits per heavy atom. The topological polar surface area (TPSA) is 152 Å². The highest BCUT2D eigenvalue weighted by atomic mass is 16.4. The predicted molar refractivity (Wildman–Crippen MR) is 225 cm³/mol. The Kier molecular flexibility index (Phi) is 12.5. The first-order valence-corrected chi connectivity index (χ1v) is 24.3. The average molecular weight is 811 g/mol. The van der Waals surface area contributed by atoms with Gasteiger partial charge in [0, 0.05) is 24.7 Å². The van der Waals surface area contributed by atoms with Gasteiger partial charge < -0.3 is 25.5 Å². The summed E-state index contributed by atoms with van der Waals surface area (Å²) in [5.74, 6) is 3.89. The third-order valence-electron chi connectivity index (χ3n) is 21.0. The SMILES string of the molecule is CC[C@@H]1C2C[C@H](O)CC[C@]2(C)C2CC[C@@]3(C)C(CC[C@@H]3[C@H](C)CC(=O)O)C2[C@@H]1O.CC[C@H]1C(=O)C2C(CC[C@@]3(C)C2CC[C@@H]3[C@H](C)CC(=O)O)[C@@]2(C)CC[C@@H](O)CC12. The van der Waals surface area contributed by atoms with Gasteiger partial charge in [0.2, 0.25) is 0 Å². The first-order chi connectivity index (χ1) is 27.3. The number of hydrogen-bond donors (Lipinski definition) is 5. The van der Waals surface area contributed by atoms with Crippen molar-refractivity contribution in [2.24, 2.45) is 105 Å². The normalized spacial score (nSPS) is 51.6. The minimum Gasteiger partial charge on any atom is -0.481 e. The van der Waals surface area contributed by atoms with Gasteiger partial charge in [0.15, 0.2) is 0 Å². The number of carbonyl (C=O) groups is 3. The van der Waals surface area contributed by atoms with E-state index in [1.165, 1.54) is 6.42 Å². The molecule has 8 saturated carbocycles. The number of aliphatic carboxylic acids is 2. The third kappa shape index (κ3) is 7.07. The molecule has 0 aromatic rings. The van der Waals surface area contributed by atoms with Gasteiger partial charge >= 0.3 is 11.9 Å². The molecule has 330 valence electrons. The quantitative estimate of drug-likeness (QED) is 0.163. The van der Waals surface area contributed by atoms with E-state index in [4.69, 9.17) is 0 Å². The maximum absolute atomic E-state index is 13.9. The van der Waals surface area contributed by atoms with E-state index in [9.17, 15) is 39.9 Å². The van der Waals surface area contributed by atoms with E-state index in [1.54, 1.807) is 0 Å². The average Bonchev–Trinajstić information content (AvgIpc) is 3.70. The second-order valence-electron chi connectivity index (χ2n) is 23.2. The van der Waals surface area contributed by atoms with Crippen LogP contribution in [-0.4, -0.2) is 61.6 Å². The molecule has 58 heavy (non-hydrogen) atoms. The Balaban J connectivity index is 0.000000177. The molecule has 8 rings (SSSR count). The smallest absolute Gasteiger partial charge is 0.303 e. The van der Waals surface area contributed by atoms with E-state index in [0.29, 0.717) is 59.0 Å². The van der Waals surface area contributed by atoms with Gasteiger partial charge in [0.05, 0.1) is 18.3 Å². The van der Waals surface area contributed by atoms with Crippen molar-refractivity contribution in [3.8, 4) is 0 Å². The zero-order valence-electron chi connectivity index (χ0n) is 37.5. The Morgan fingerprint density at radius 3 is 1.53 bits per heavy atom. The van der Waals surface area contributed by atoms with E-state index in [0.717, 1.165) is 96.3 Å². The molecular formula is C50H82O8. The number of carbonyl (C=O) groups excluding carboxylic acids is 1. The fraction of sp³-hybridized carbons (Fsp3) is 0.940. The molecule has 0 bridgehead atoms. The number of Topliss-reactive ketones (excluding diaryl/α,β-unsaturated/α-hetero) is 1. The van der Waals surface area contributed by atoms with E-state index in [2.05, 4.69) is 55.4 Å². The summed E-state index contributed by atoms with van der Waals surface area (Å²) in [6.45, 7) is 18.3. The highest BCUT2D eigenvalue weighted by molar-refractivity contribution is 5.86. The summed E-state index contributed by atoms with van der Waals surface area (Å²) in [5, 5.41) is 51.1. The molecule has 8 unspecified atom stereocenters. The lowest BCUT2D eigenvalue weighted by Gasteiger charge is -2.64. The summed E-state index contributed by atoms with van der Waals surface area (Å²) in [6.07, 6.45) is 16.2. The fourth-order valence-corrected chi connectivity index (χ4v) is 18.4. The minimum absolute atomic E-state index is 0.0917. The van der Waals surface area contributed by atoms with Crippen LogP contribution in [-0.2, 0) is 14.4 Å². The lowest BCUT2D eigenvalue weighted by atomic mass is 9.41. The van der Waals surface area contributed by atoms with E-state index in [-0.39, 0.29) is 82.4 Å². The van der Waals surface area contributed by atoms with Crippen LogP contribution in [0.3, 0.4) is 0 Å². The zero-order chi connectivity index (χ0) is 42.3. The van der Waals surface area contributed by atoms with Gasteiger partial charge in [-0.15, -0.1) is 0 Å². The second-order valence-corrected chi connectivity index (χ2v) is 23.2. The summed E-state index contributed by atoms with van der Waals surface area (Å²) in [4.78, 5) is 36.6. The number of aliphatic hydroxyl groups excluding tert-OH is 3. The predicted octanol–water partition coefficient (Wildman–Crippen LogP) is 9.66. The Morgan fingerprint density at radius 2 is 1.02 bits per heavy atom. The van der Waals surface area contributed by atoms with Crippen LogP contribution in [0, 0.1) is 105 Å². The highest BCUT2D eigenvalue weighted by Gasteiger charge is 2.67. The van der Waals surface area contributed by atoms with Crippen LogP contribution in [0.5, 0.6) is 0 Å². The summed E-state index contributed by atoms with van der Waals surface area (Å²) >= 11 is 0. The zero-order valence-corrected chi connectivity index (χ0v) is 37.5. The molecule has 0 aromatic carbocycles. The van der Waals surface area contributed by atoms with Crippen LogP contribution in [0.15, 0.2) is 0 Å². The van der Waals surface area contributed by atoms with E-state index >= 15 is 0 Å². The van der Waals surface area contributed by atoms with Gasteiger partial charge in [0.25, 0.3) is 0 Å². The Hall–Kier alpha value is -1.51. The lowest BCUT2D eigenvalue weighted by Crippen LogP contribution is -2.62. The van der Waals surface area contributed by atoms with Crippen molar-refractivity contribution in [3.05, 3.63) is 0 Å². The first-order valence-electron chi connectivity index (χ1n) is 24.3. The van der Waals surface area contributed by atoms with Crippen molar-refractivity contribution in [3.63, 3.8) is 0 Å². The fourth-order valence-electron chi connectivity index (χ4n) is 18.4. The summed E-state index contributed by atoms with van der Waals surface area (Å²) in [7, 11) is 0. The number of carboxylic acids is 2. The summed E-state index contributed by atoms with van der Waals surface area (Å²) in [5.41, 5.74) is 0.661. The highest BCUT2D eigenvalue weighted by Crippen LogP contribution is 2.71. The van der Waals surface area contributed by atoms with Crippen LogP contribution in [0.2, 0.25) is 0 Å². The summed E-state index contributed by atoms with van der Waals surface area (Å²) in [6, 6.07) is 0. The third-order valence-corrected chi connectivity index (χ3v) is 21.0. The van der Waals surface area contributed by atoms with Gasteiger partial charge in [-0.1, -0.05) is 61.8 Å². The van der Waals surface area contributed by atoms with Crippen LogP contribution >= 0.6 is 0 Å². The van der Waals surface area contributed by atoms with Gasteiger partial charge in [-0.2, -0.15) is 0 Å². The van der Waals surface area contributed by atoms with Crippen molar-refractivity contribution in [1.29, 1.82) is 0 Å². The van der Waals surface area contributed by atoms with Crippen molar-refractivity contribution < 1.29 is 39.9 Å². The van der Waals surface area contributed by atoms with Gasteiger partial charge in [-0.25, -0.2) is 0 Å². The first kappa shape index (κ1) is 44.5. The van der Waals surface area contributed by atoms with Crippen molar-refractivity contribution in [1.82, 2.24) is 0 Å². The molecule has 0 radical (unpaired) electrons. The van der Waals surface area contributed by atoms with Gasteiger partial charge in [-0.3, -0.25) is 14.4 Å². The molecule has 8 aliphatic rings. The lowest BCUT2D eigenvalue weighted by molar-refractivity contribution is -0.203. The van der Waals surface area contributed by atoms with Gasteiger partial charge in [-0.05, 0) is 189 Å². The molecule has 0 amide bonds. The monoisotopic (exact) mass is 811 g/mol. The maximum Gasteiger partial charge on any atom is 0.303 e. The van der Waals surface area contributed by atoms with Crippen molar-refractivity contribution in [2.45, 2.75) is 189 Å². The van der Waals surface area contributed by atoms with Crippen LogP contribution in [0.25, 0.3) is 0 Å². The largest absolute Gasteiger partial charge is 0.481 e. The number of carboxylic acid groups (broad SMARTS) is 2. The molecule has 21 atom stereocenters. The molecule has 0 aliphatic heterocycles. The van der Waals surface area contributed by atoms with Crippen LogP contribution < -0.4 is 0 Å². The summed E-state index contributed by atoms with van der Waals surface area (Å²) < 4.78 is 0. The number of fused-ring (bicyclic) bond motifs is 10. The molecule has 8 heteroatoms. The van der Waals surface area contributed by atoms with E-state index < -0.39 is 11.9 Å². The molecule has 0 spiro atoms. The Labute approximate surface area is 350 Å². The van der Waals surface area contributed by atoms with Crippen molar-refractivity contribution >= 4 is 17.7 Å². The molecule has 0 saturated heterocycles. The van der Waals surface area contributed by atoms with Crippen LogP contribution in [0.1, 0.15) is 171 Å².